The Morgan fingerprint density at radius 2 is 1.96 bits per heavy atom. The molecule has 4 nitrogen and oxygen atoms in total. The van der Waals surface area contributed by atoms with E-state index in [9.17, 15) is 4.39 Å². The van der Waals surface area contributed by atoms with Crippen LogP contribution in [0.5, 0.6) is 5.75 Å². The van der Waals surface area contributed by atoms with Gasteiger partial charge in [0.05, 0.1) is 13.2 Å². The van der Waals surface area contributed by atoms with Crippen molar-refractivity contribution in [1.82, 2.24) is 5.32 Å². The standard InChI is InChI=1S/C18H18FNO3/c19-15-5-6-18-14(9-15)10-16(23-18)12-20-11-13-3-1-2-4-17(13)22-8-7-21/h1-6,9-10,20-21H,7-8,11-12H2. The fourth-order valence-corrected chi connectivity index (χ4v) is 2.42. The molecule has 0 saturated carbocycles. The summed E-state index contributed by atoms with van der Waals surface area (Å²) in [5.74, 6) is 1.23. The van der Waals surface area contributed by atoms with Crippen molar-refractivity contribution in [2.45, 2.75) is 13.1 Å². The Morgan fingerprint density at radius 3 is 2.83 bits per heavy atom. The number of hydrogen-bond acceptors (Lipinski definition) is 4. The molecule has 0 aliphatic carbocycles. The molecule has 0 bridgehead atoms. The molecule has 0 radical (unpaired) electrons. The summed E-state index contributed by atoms with van der Waals surface area (Å²) in [6.45, 7) is 1.39. The van der Waals surface area contributed by atoms with E-state index in [0.29, 0.717) is 18.7 Å². The Hall–Kier alpha value is -2.37. The minimum atomic E-state index is -0.271. The number of furan rings is 1. The van der Waals surface area contributed by atoms with Crippen molar-refractivity contribution in [3.05, 3.63) is 65.7 Å². The zero-order valence-electron chi connectivity index (χ0n) is 12.6. The number of benzene rings is 2. The van der Waals surface area contributed by atoms with E-state index in [-0.39, 0.29) is 19.0 Å². The van der Waals surface area contributed by atoms with Gasteiger partial charge in [-0.15, -0.1) is 0 Å². The van der Waals surface area contributed by atoms with Crippen LogP contribution in [0.15, 0.2) is 52.9 Å². The minimum absolute atomic E-state index is 0.0166. The molecule has 0 aliphatic rings. The number of aliphatic hydroxyl groups excluding tert-OH is 1. The second-order valence-corrected chi connectivity index (χ2v) is 5.18. The second kappa shape index (κ2) is 7.26. The number of aliphatic hydroxyl groups is 1. The predicted molar refractivity (Wildman–Crippen MR) is 85.7 cm³/mol. The summed E-state index contributed by atoms with van der Waals surface area (Å²) in [5, 5.41) is 12.9. The topological polar surface area (TPSA) is 54.6 Å². The smallest absolute Gasteiger partial charge is 0.134 e. The number of nitrogens with one attached hydrogen (secondary N) is 1. The third kappa shape index (κ3) is 3.88. The molecule has 0 atom stereocenters. The van der Waals surface area contributed by atoms with Gasteiger partial charge in [-0.25, -0.2) is 4.39 Å². The van der Waals surface area contributed by atoms with Gasteiger partial charge in [-0.05, 0) is 30.3 Å². The third-order valence-electron chi connectivity index (χ3n) is 3.47. The molecule has 0 saturated heterocycles. The lowest BCUT2D eigenvalue weighted by Crippen LogP contribution is -2.13. The van der Waals surface area contributed by atoms with Gasteiger partial charge in [0.1, 0.15) is 29.5 Å². The van der Waals surface area contributed by atoms with Gasteiger partial charge >= 0.3 is 0 Å². The molecule has 0 fully saturated rings. The summed E-state index contributed by atoms with van der Waals surface area (Å²) < 4.78 is 24.3. The first-order chi connectivity index (χ1) is 11.3. The number of halogens is 1. The first kappa shape index (κ1) is 15.5. The summed E-state index contributed by atoms with van der Waals surface area (Å²) in [4.78, 5) is 0. The highest BCUT2D eigenvalue weighted by molar-refractivity contribution is 5.77. The summed E-state index contributed by atoms with van der Waals surface area (Å²) in [6.07, 6.45) is 0. The number of para-hydroxylation sites is 1. The summed E-state index contributed by atoms with van der Waals surface area (Å²) in [6, 6.07) is 14.0. The average molecular weight is 315 g/mol. The molecule has 2 aromatic carbocycles. The molecule has 0 unspecified atom stereocenters. The van der Waals surface area contributed by atoms with Gasteiger partial charge in [-0.3, -0.25) is 0 Å². The molecule has 23 heavy (non-hydrogen) atoms. The van der Waals surface area contributed by atoms with Crippen LogP contribution >= 0.6 is 0 Å². The highest BCUT2D eigenvalue weighted by Gasteiger charge is 2.06. The number of hydrogen-bond donors (Lipinski definition) is 2. The van der Waals surface area contributed by atoms with Crippen LogP contribution in [0.25, 0.3) is 11.0 Å². The van der Waals surface area contributed by atoms with Crippen molar-refractivity contribution in [2.75, 3.05) is 13.2 Å². The average Bonchev–Trinajstić information content (AvgIpc) is 2.95. The van der Waals surface area contributed by atoms with E-state index in [4.69, 9.17) is 14.3 Å². The molecule has 1 heterocycles. The van der Waals surface area contributed by atoms with Gasteiger partial charge in [-0.2, -0.15) is 0 Å². The maximum Gasteiger partial charge on any atom is 0.134 e. The minimum Gasteiger partial charge on any atom is -0.491 e. The number of fused-ring (bicyclic) bond motifs is 1. The molecular weight excluding hydrogens is 297 g/mol. The largest absolute Gasteiger partial charge is 0.491 e. The highest BCUT2D eigenvalue weighted by Crippen LogP contribution is 2.21. The van der Waals surface area contributed by atoms with Gasteiger partial charge in [0.25, 0.3) is 0 Å². The van der Waals surface area contributed by atoms with Crippen LogP contribution in [0.3, 0.4) is 0 Å². The van der Waals surface area contributed by atoms with Crippen LogP contribution in [0.4, 0.5) is 4.39 Å². The molecule has 0 amide bonds. The van der Waals surface area contributed by atoms with E-state index >= 15 is 0 Å². The van der Waals surface area contributed by atoms with Crippen molar-refractivity contribution >= 4 is 11.0 Å². The van der Waals surface area contributed by atoms with Crippen molar-refractivity contribution in [3.63, 3.8) is 0 Å². The lowest BCUT2D eigenvalue weighted by molar-refractivity contribution is 0.200. The van der Waals surface area contributed by atoms with Crippen molar-refractivity contribution < 1.29 is 18.7 Å². The van der Waals surface area contributed by atoms with Gasteiger partial charge in [-0.1, -0.05) is 18.2 Å². The molecule has 120 valence electrons. The zero-order chi connectivity index (χ0) is 16.1. The molecule has 5 heteroatoms. The maximum absolute atomic E-state index is 13.2. The van der Waals surface area contributed by atoms with Crippen molar-refractivity contribution in [3.8, 4) is 5.75 Å². The summed E-state index contributed by atoms with van der Waals surface area (Å²) in [5.41, 5.74) is 1.68. The lowest BCUT2D eigenvalue weighted by Gasteiger charge is -2.10. The summed E-state index contributed by atoms with van der Waals surface area (Å²) >= 11 is 0. The molecular formula is C18H18FNO3. The van der Waals surface area contributed by atoms with Crippen LogP contribution in [0, 0.1) is 5.82 Å². The van der Waals surface area contributed by atoms with Crippen LogP contribution in [0.2, 0.25) is 0 Å². The normalized spacial score (nSPS) is 11.0. The molecule has 1 aromatic heterocycles. The van der Waals surface area contributed by atoms with E-state index in [0.717, 1.165) is 22.5 Å². The molecule has 0 spiro atoms. The summed E-state index contributed by atoms with van der Waals surface area (Å²) in [7, 11) is 0. The Bertz CT molecular complexity index is 785. The maximum atomic E-state index is 13.2. The first-order valence-electron chi connectivity index (χ1n) is 7.46. The van der Waals surface area contributed by atoms with Gasteiger partial charge in [0, 0.05) is 17.5 Å². The molecule has 3 rings (SSSR count). The first-order valence-corrected chi connectivity index (χ1v) is 7.46. The third-order valence-corrected chi connectivity index (χ3v) is 3.47. The van der Waals surface area contributed by atoms with Gasteiger partial charge < -0.3 is 19.6 Å². The van der Waals surface area contributed by atoms with Crippen LogP contribution in [-0.2, 0) is 13.1 Å². The van der Waals surface area contributed by atoms with E-state index in [1.807, 2.05) is 30.3 Å². The highest BCUT2D eigenvalue weighted by atomic mass is 19.1. The van der Waals surface area contributed by atoms with Crippen LogP contribution in [-0.4, -0.2) is 18.3 Å². The Balaban J connectivity index is 1.62. The quantitative estimate of drug-likeness (QED) is 0.703. The van der Waals surface area contributed by atoms with Crippen LogP contribution < -0.4 is 10.1 Å². The van der Waals surface area contributed by atoms with E-state index in [1.54, 1.807) is 6.07 Å². The second-order valence-electron chi connectivity index (χ2n) is 5.18. The Morgan fingerprint density at radius 1 is 1.09 bits per heavy atom. The Kier molecular flexibility index (Phi) is 4.90. The van der Waals surface area contributed by atoms with Crippen molar-refractivity contribution in [1.29, 1.82) is 0 Å². The van der Waals surface area contributed by atoms with E-state index < -0.39 is 0 Å². The molecule has 0 aliphatic heterocycles. The van der Waals surface area contributed by atoms with E-state index in [1.165, 1.54) is 12.1 Å². The number of ether oxygens (including phenoxy) is 1. The lowest BCUT2D eigenvalue weighted by atomic mass is 10.2. The molecule has 2 N–H and O–H groups in total. The van der Waals surface area contributed by atoms with E-state index in [2.05, 4.69) is 5.32 Å². The van der Waals surface area contributed by atoms with Gasteiger partial charge in [0.2, 0.25) is 0 Å². The van der Waals surface area contributed by atoms with Gasteiger partial charge in [0.15, 0.2) is 0 Å². The monoisotopic (exact) mass is 315 g/mol. The SMILES string of the molecule is OCCOc1ccccc1CNCc1cc2cc(F)ccc2o1. The molecule has 3 aromatic rings. The Labute approximate surface area is 133 Å². The van der Waals surface area contributed by atoms with Crippen molar-refractivity contribution in [2.24, 2.45) is 0 Å². The zero-order valence-corrected chi connectivity index (χ0v) is 12.6. The number of rotatable bonds is 7. The van der Waals surface area contributed by atoms with Crippen LogP contribution in [0.1, 0.15) is 11.3 Å². The fraction of sp³-hybridized carbons (Fsp3) is 0.222. The predicted octanol–water partition coefficient (Wildman–Crippen LogP) is 3.23. The fourth-order valence-electron chi connectivity index (χ4n) is 2.42.